The molecule has 1 aromatic heterocycles. The van der Waals surface area contributed by atoms with Crippen molar-refractivity contribution >= 4 is 11.3 Å². The van der Waals surface area contributed by atoms with Crippen molar-refractivity contribution in [1.29, 1.82) is 0 Å². The van der Waals surface area contributed by atoms with E-state index in [9.17, 15) is 0 Å². The van der Waals surface area contributed by atoms with Crippen LogP contribution in [-0.2, 0) is 6.42 Å². The Balaban J connectivity index is 2.44. The first-order valence-electron chi connectivity index (χ1n) is 5.90. The highest BCUT2D eigenvalue weighted by Crippen LogP contribution is 2.35. The lowest BCUT2D eigenvalue weighted by atomic mass is 10.1. The molecule has 0 spiro atoms. The number of rotatable bonds is 3. The Morgan fingerprint density at radius 1 is 1.12 bits per heavy atom. The zero-order chi connectivity index (χ0) is 11.5. The summed E-state index contributed by atoms with van der Waals surface area (Å²) in [6.45, 7) is 6.79. The van der Waals surface area contributed by atoms with Gasteiger partial charge in [0.1, 0.15) is 0 Å². The number of hydrogen-bond donors (Lipinski definition) is 0. The fraction of sp³-hybridized carbons (Fsp3) is 0.333. The van der Waals surface area contributed by atoms with Crippen LogP contribution in [0.1, 0.15) is 37.1 Å². The molecular formula is C15H18S. The topological polar surface area (TPSA) is 0 Å². The number of thiophene rings is 1. The molecule has 1 heterocycles. The van der Waals surface area contributed by atoms with E-state index < -0.39 is 0 Å². The Kier molecular flexibility index (Phi) is 3.45. The minimum absolute atomic E-state index is 0.636. The quantitative estimate of drug-likeness (QED) is 0.688. The van der Waals surface area contributed by atoms with Crippen molar-refractivity contribution in [3.05, 3.63) is 46.8 Å². The predicted molar refractivity (Wildman–Crippen MR) is 73.2 cm³/mol. The normalized spacial score (nSPS) is 11.0. The third-order valence-electron chi connectivity index (χ3n) is 2.81. The van der Waals surface area contributed by atoms with Crippen molar-refractivity contribution in [2.24, 2.45) is 0 Å². The van der Waals surface area contributed by atoms with Gasteiger partial charge < -0.3 is 0 Å². The van der Waals surface area contributed by atoms with Crippen molar-refractivity contribution in [2.75, 3.05) is 0 Å². The van der Waals surface area contributed by atoms with Gasteiger partial charge in [-0.25, -0.2) is 0 Å². The molecule has 0 saturated heterocycles. The summed E-state index contributed by atoms with van der Waals surface area (Å²) in [5.41, 5.74) is 2.85. The van der Waals surface area contributed by atoms with E-state index in [0.29, 0.717) is 5.92 Å². The van der Waals surface area contributed by atoms with E-state index in [1.165, 1.54) is 16.0 Å². The Hall–Kier alpha value is -1.08. The Labute approximate surface area is 102 Å². The molecule has 0 aliphatic rings. The van der Waals surface area contributed by atoms with Crippen LogP contribution in [0.15, 0.2) is 36.4 Å². The molecule has 2 aromatic rings. The molecule has 0 N–H and O–H groups in total. The van der Waals surface area contributed by atoms with Crippen molar-refractivity contribution in [3.8, 4) is 10.4 Å². The smallest absolute Gasteiger partial charge is 0.0348 e. The van der Waals surface area contributed by atoms with Gasteiger partial charge >= 0.3 is 0 Å². The molecule has 1 aromatic carbocycles. The molecule has 0 bridgehead atoms. The fourth-order valence-corrected chi connectivity index (χ4v) is 3.21. The molecule has 2 rings (SSSR count). The fourth-order valence-electron chi connectivity index (χ4n) is 1.95. The zero-order valence-corrected chi connectivity index (χ0v) is 11.0. The molecule has 0 fully saturated rings. The molecule has 0 nitrogen and oxygen atoms in total. The monoisotopic (exact) mass is 230 g/mol. The van der Waals surface area contributed by atoms with Gasteiger partial charge in [0.05, 0.1) is 0 Å². The molecule has 0 unspecified atom stereocenters. The molecule has 0 saturated carbocycles. The Bertz CT molecular complexity index is 452. The third kappa shape index (κ3) is 2.19. The average Bonchev–Trinajstić information content (AvgIpc) is 2.74. The van der Waals surface area contributed by atoms with Gasteiger partial charge in [-0.05, 0) is 29.5 Å². The summed E-state index contributed by atoms with van der Waals surface area (Å²) in [7, 11) is 0. The van der Waals surface area contributed by atoms with Crippen LogP contribution in [0.4, 0.5) is 0 Å². The summed E-state index contributed by atoms with van der Waals surface area (Å²) < 4.78 is 0. The summed E-state index contributed by atoms with van der Waals surface area (Å²) in [5.74, 6) is 0.636. The van der Waals surface area contributed by atoms with Crippen LogP contribution >= 0.6 is 11.3 Å². The molecule has 84 valence electrons. The van der Waals surface area contributed by atoms with E-state index in [2.05, 4.69) is 57.2 Å². The summed E-state index contributed by atoms with van der Waals surface area (Å²) >= 11 is 1.95. The molecule has 0 amide bonds. The second kappa shape index (κ2) is 4.84. The number of hydrogen-bond acceptors (Lipinski definition) is 1. The van der Waals surface area contributed by atoms with Crippen LogP contribution in [0.25, 0.3) is 10.4 Å². The summed E-state index contributed by atoms with van der Waals surface area (Å²) in [6, 6.07) is 13.0. The SMILES string of the molecule is CCc1cc(-c2ccccc2)sc1C(C)C. The first-order valence-corrected chi connectivity index (χ1v) is 6.72. The zero-order valence-electron chi connectivity index (χ0n) is 10.2. The first kappa shape index (κ1) is 11.4. The van der Waals surface area contributed by atoms with Crippen LogP contribution in [0.2, 0.25) is 0 Å². The molecule has 1 heteroatoms. The van der Waals surface area contributed by atoms with Crippen LogP contribution in [0.3, 0.4) is 0 Å². The second-order valence-electron chi connectivity index (χ2n) is 4.37. The predicted octanol–water partition coefficient (Wildman–Crippen LogP) is 5.10. The average molecular weight is 230 g/mol. The minimum Gasteiger partial charge on any atom is -0.140 e. The van der Waals surface area contributed by atoms with Gasteiger partial charge in [-0.15, -0.1) is 11.3 Å². The lowest BCUT2D eigenvalue weighted by Gasteiger charge is -2.03. The number of benzene rings is 1. The number of aryl methyl sites for hydroxylation is 1. The Morgan fingerprint density at radius 3 is 2.31 bits per heavy atom. The standard InChI is InChI=1S/C15H18S/c1-4-12-10-14(16-15(12)11(2)3)13-8-6-5-7-9-13/h5-11H,4H2,1-3H3. The van der Waals surface area contributed by atoms with Gasteiger partial charge in [-0.3, -0.25) is 0 Å². The molecule has 0 aliphatic heterocycles. The molecule has 16 heavy (non-hydrogen) atoms. The molecule has 0 aliphatic carbocycles. The lowest BCUT2D eigenvalue weighted by molar-refractivity contribution is 0.870. The van der Waals surface area contributed by atoms with Gasteiger partial charge in [0, 0.05) is 9.75 Å². The van der Waals surface area contributed by atoms with E-state index >= 15 is 0 Å². The van der Waals surface area contributed by atoms with Crippen LogP contribution in [-0.4, -0.2) is 0 Å². The summed E-state index contributed by atoms with van der Waals surface area (Å²) in [5, 5.41) is 0. The maximum atomic E-state index is 2.36. The summed E-state index contributed by atoms with van der Waals surface area (Å²) in [6.07, 6.45) is 1.14. The highest BCUT2D eigenvalue weighted by molar-refractivity contribution is 7.15. The van der Waals surface area contributed by atoms with Crippen LogP contribution in [0.5, 0.6) is 0 Å². The van der Waals surface area contributed by atoms with Gasteiger partial charge in [0.15, 0.2) is 0 Å². The van der Waals surface area contributed by atoms with E-state index in [1.807, 2.05) is 11.3 Å². The third-order valence-corrected chi connectivity index (χ3v) is 4.33. The van der Waals surface area contributed by atoms with Crippen LogP contribution in [0, 0.1) is 0 Å². The van der Waals surface area contributed by atoms with Crippen molar-refractivity contribution < 1.29 is 0 Å². The Morgan fingerprint density at radius 2 is 1.81 bits per heavy atom. The lowest BCUT2D eigenvalue weighted by Crippen LogP contribution is -1.87. The maximum absolute atomic E-state index is 2.36. The van der Waals surface area contributed by atoms with Crippen molar-refractivity contribution in [2.45, 2.75) is 33.1 Å². The maximum Gasteiger partial charge on any atom is 0.0348 e. The second-order valence-corrected chi connectivity index (χ2v) is 5.46. The molecule has 0 atom stereocenters. The van der Waals surface area contributed by atoms with Crippen molar-refractivity contribution in [3.63, 3.8) is 0 Å². The highest BCUT2D eigenvalue weighted by Gasteiger charge is 2.11. The van der Waals surface area contributed by atoms with Gasteiger partial charge in [-0.1, -0.05) is 51.1 Å². The van der Waals surface area contributed by atoms with Crippen molar-refractivity contribution in [1.82, 2.24) is 0 Å². The van der Waals surface area contributed by atoms with E-state index in [1.54, 1.807) is 4.88 Å². The van der Waals surface area contributed by atoms with E-state index in [-0.39, 0.29) is 0 Å². The van der Waals surface area contributed by atoms with E-state index in [4.69, 9.17) is 0 Å². The largest absolute Gasteiger partial charge is 0.140 e. The van der Waals surface area contributed by atoms with Gasteiger partial charge in [-0.2, -0.15) is 0 Å². The van der Waals surface area contributed by atoms with Crippen LogP contribution < -0.4 is 0 Å². The first-order chi connectivity index (χ1) is 7.72. The van der Waals surface area contributed by atoms with E-state index in [0.717, 1.165) is 6.42 Å². The molecule has 0 radical (unpaired) electrons. The molecular weight excluding hydrogens is 212 g/mol. The summed E-state index contributed by atoms with van der Waals surface area (Å²) in [4.78, 5) is 2.95. The highest BCUT2D eigenvalue weighted by atomic mass is 32.1. The van der Waals surface area contributed by atoms with Gasteiger partial charge in [0.2, 0.25) is 0 Å². The minimum atomic E-state index is 0.636. The van der Waals surface area contributed by atoms with Gasteiger partial charge in [0.25, 0.3) is 0 Å².